The Bertz CT molecular complexity index is 1010. The minimum atomic E-state index is -0.846. The van der Waals surface area contributed by atoms with Crippen molar-refractivity contribution in [3.63, 3.8) is 0 Å². The molecule has 0 bridgehead atoms. The van der Waals surface area contributed by atoms with E-state index in [1.807, 2.05) is 6.08 Å². The molecule has 0 aromatic rings. The summed E-state index contributed by atoms with van der Waals surface area (Å²) in [5, 5.41) is 23.1. The first kappa shape index (κ1) is 63.3. The normalized spacial score (nSPS) is 12.7. The highest BCUT2D eigenvalue weighted by molar-refractivity contribution is 5.76. The van der Waals surface area contributed by atoms with Gasteiger partial charge in [0, 0.05) is 12.8 Å². The highest BCUT2D eigenvalue weighted by Gasteiger charge is 2.18. The molecular weight excluding hydrogens is 803 g/mol. The molecule has 65 heavy (non-hydrogen) atoms. The Hall–Kier alpha value is -1.66. The lowest BCUT2D eigenvalue weighted by Gasteiger charge is -2.20. The first-order valence-corrected chi connectivity index (χ1v) is 29.1. The molecule has 0 fully saturated rings. The van der Waals surface area contributed by atoms with Crippen LogP contribution in [0.15, 0.2) is 24.3 Å². The van der Waals surface area contributed by atoms with Crippen molar-refractivity contribution < 1.29 is 24.5 Å². The smallest absolute Gasteiger partial charge is 0.305 e. The molecule has 2 unspecified atom stereocenters. The molecule has 0 saturated carbocycles. The van der Waals surface area contributed by atoms with E-state index in [9.17, 15) is 19.8 Å². The Balaban J connectivity index is 3.42. The van der Waals surface area contributed by atoms with Gasteiger partial charge in [0.05, 0.1) is 25.4 Å². The van der Waals surface area contributed by atoms with Crippen LogP contribution in [-0.2, 0) is 14.3 Å². The molecule has 0 aliphatic carbocycles. The van der Waals surface area contributed by atoms with Crippen molar-refractivity contribution in [3.8, 4) is 0 Å². The van der Waals surface area contributed by atoms with Gasteiger partial charge in [-0.25, -0.2) is 0 Å². The molecule has 0 saturated heterocycles. The minimum absolute atomic E-state index is 0.000122. The van der Waals surface area contributed by atoms with Crippen molar-refractivity contribution >= 4 is 11.9 Å². The second-order valence-electron chi connectivity index (χ2n) is 20.0. The van der Waals surface area contributed by atoms with Crippen LogP contribution in [0.2, 0.25) is 0 Å². The van der Waals surface area contributed by atoms with Gasteiger partial charge >= 0.3 is 5.97 Å². The van der Waals surface area contributed by atoms with Gasteiger partial charge in [0.15, 0.2) is 0 Å². The van der Waals surface area contributed by atoms with Crippen LogP contribution in [0.1, 0.15) is 316 Å². The Morgan fingerprint density at radius 1 is 0.415 bits per heavy atom. The third-order valence-electron chi connectivity index (χ3n) is 13.5. The number of rotatable bonds is 54. The summed E-state index contributed by atoms with van der Waals surface area (Å²) in [7, 11) is 0. The Morgan fingerprint density at radius 2 is 0.723 bits per heavy atom. The molecule has 0 aromatic carbocycles. The second kappa shape index (κ2) is 54.9. The molecule has 0 rings (SSSR count). The Kier molecular flexibility index (Phi) is 53.5. The molecule has 384 valence electrons. The lowest BCUT2D eigenvalue weighted by atomic mass is 10.0. The first-order chi connectivity index (χ1) is 32.0. The number of allylic oxidation sites excluding steroid dienone is 3. The van der Waals surface area contributed by atoms with Gasteiger partial charge in [-0.2, -0.15) is 0 Å². The molecule has 2 atom stereocenters. The molecule has 0 radical (unpaired) electrons. The van der Waals surface area contributed by atoms with Crippen LogP contribution in [0.4, 0.5) is 0 Å². The van der Waals surface area contributed by atoms with Crippen LogP contribution in [0.5, 0.6) is 0 Å². The van der Waals surface area contributed by atoms with Gasteiger partial charge in [-0.05, 0) is 57.8 Å². The zero-order chi connectivity index (χ0) is 47.2. The lowest BCUT2D eigenvalue weighted by molar-refractivity contribution is -0.143. The van der Waals surface area contributed by atoms with E-state index in [-0.39, 0.29) is 18.5 Å². The fraction of sp³-hybridized carbons (Fsp3) is 0.898. The van der Waals surface area contributed by atoms with E-state index in [0.717, 1.165) is 44.9 Å². The second-order valence-corrected chi connectivity index (χ2v) is 20.0. The highest BCUT2D eigenvalue weighted by atomic mass is 16.5. The number of carbonyl (C=O) groups excluding carboxylic acids is 2. The van der Waals surface area contributed by atoms with E-state index in [2.05, 4.69) is 31.3 Å². The summed E-state index contributed by atoms with van der Waals surface area (Å²) in [5.74, 6) is -0.0699. The molecule has 0 aromatic heterocycles. The van der Waals surface area contributed by atoms with Gasteiger partial charge in [0.1, 0.15) is 0 Å². The SMILES string of the molecule is CCCCCCC/C=C\CCCCCCCC(=O)OCCCCCCCCCCCCCCCCCCCCCC(=O)NC(CO)C(O)/C=C/CCCCCCCCCCCCCCC. The van der Waals surface area contributed by atoms with Gasteiger partial charge in [-0.15, -0.1) is 0 Å². The number of esters is 1. The summed E-state index contributed by atoms with van der Waals surface area (Å²) in [6.07, 6.45) is 66.2. The van der Waals surface area contributed by atoms with Crippen molar-refractivity contribution in [3.05, 3.63) is 24.3 Å². The molecule has 0 heterocycles. The van der Waals surface area contributed by atoms with E-state index in [0.29, 0.717) is 19.4 Å². The van der Waals surface area contributed by atoms with Gasteiger partial charge in [0.2, 0.25) is 5.91 Å². The fourth-order valence-corrected chi connectivity index (χ4v) is 8.98. The number of carbonyl (C=O) groups is 2. The van der Waals surface area contributed by atoms with Crippen LogP contribution >= 0.6 is 0 Å². The topological polar surface area (TPSA) is 95.9 Å². The summed E-state index contributed by atoms with van der Waals surface area (Å²) in [6.45, 7) is 4.90. The van der Waals surface area contributed by atoms with Crippen molar-refractivity contribution in [2.75, 3.05) is 13.2 Å². The van der Waals surface area contributed by atoms with Gasteiger partial charge < -0.3 is 20.3 Å². The molecular formula is C59H113NO5. The zero-order valence-electron chi connectivity index (χ0n) is 43.7. The molecule has 3 N–H and O–H groups in total. The number of unbranched alkanes of at least 4 members (excludes halogenated alkanes) is 41. The molecule has 0 aliphatic rings. The average molecular weight is 917 g/mol. The maximum atomic E-state index is 12.5. The van der Waals surface area contributed by atoms with Crippen molar-refractivity contribution in [1.82, 2.24) is 5.32 Å². The summed E-state index contributed by atoms with van der Waals surface area (Å²) >= 11 is 0. The standard InChI is InChI=1S/C59H113NO5/c1-3-5-7-9-11-13-15-17-24-27-31-35-39-43-47-51-57(62)56(55-61)60-58(63)52-48-44-40-36-32-28-25-22-20-19-21-23-26-30-34-38-42-46-50-54-65-59(64)53-49-45-41-37-33-29-18-16-14-12-10-8-6-4-2/h16,18,47,51,56-57,61-62H,3-15,17,19-46,48-50,52-55H2,1-2H3,(H,60,63)/b18-16-,51-47+. The highest BCUT2D eigenvalue weighted by Crippen LogP contribution is 2.17. The molecule has 1 amide bonds. The lowest BCUT2D eigenvalue weighted by Crippen LogP contribution is -2.45. The van der Waals surface area contributed by atoms with Crippen LogP contribution in [0, 0.1) is 0 Å². The number of aliphatic hydroxyl groups is 2. The van der Waals surface area contributed by atoms with Crippen molar-refractivity contribution in [2.45, 2.75) is 328 Å². The number of amides is 1. The summed E-state index contributed by atoms with van der Waals surface area (Å²) in [4.78, 5) is 24.5. The molecule has 0 spiro atoms. The summed E-state index contributed by atoms with van der Waals surface area (Å²) in [5.41, 5.74) is 0. The van der Waals surface area contributed by atoms with E-state index in [1.165, 1.54) is 244 Å². The predicted octanol–water partition coefficient (Wildman–Crippen LogP) is 17.9. The van der Waals surface area contributed by atoms with Gasteiger partial charge in [-0.3, -0.25) is 9.59 Å². The summed E-state index contributed by atoms with van der Waals surface area (Å²) in [6, 6.07) is -0.629. The Morgan fingerprint density at radius 3 is 1.09 bits per heavy atom. The van der Waals surface area contributed by atoms with E-state index in [1.54, 1.807) is 6.08 Å². The van der Waals surface area contributed by atoms with E-state index in [4.69, 9.17) is 4.74 Å². The fourth-order valence-electron chi connectivity index (χ4n) is 8.98. The van der Waals surface area contributed by atoms with Crippen LogP contribution < -0.4 is 5.32 Å². The monoisotopic (exact) mass is 916 g/mol. The summed E-state index contributed by atoms with van der Waals surface area (Å²) < 4.78 is 5.47. The van der Waals surface area contributed by atoms with E-state index >= 15 is 0 Å². The number of hydrogen-bond acceptors (Lipinski definition) is 5. The number of aliphatic hydroxyl groups excluding tert-OH is 2. The molecule has 0 aliphatic heterocycles. The maximum absolute atomic E-state index is 12.5. The average Bonchev–Trinajstić information content (AvgIpc) is 3.31. The van der Waals surface area contributed by atoms with Gasteiger partial charge in [-0.1, -0.05) is 269 Å². The third kappa shape index (κ3) is 51.6. The first-order valence-electron chi connectivity index (χ1n) is 29.1. The maximum Gasteiger partial charge on any atom is 0.305 e. The molecule has 6 nitrogen and oxygen atoms in total. The zero-order valence-corrected chi connectivity index (χ0v) is 43.7. The van der Waals surface area contributed by atoms with Crippen molar-refractivity contribution in [2.24, 2.45) is 0 Å². The quantitative estimate of drug-likeness (QED) is 0.0321. The Labute approximate surface area is 405 Å². The van der Waals surface area contributed by atoms with Crippen LogP contribution in [0.25, 0.3) is 0 Å². The predicted molar refractivity (Wildman–Crippen MR) is 283 cm³/mol. The van der Waals surface area contributed by atoms with Crippen LogP contribution in [-0.4, -0.2) is 47.4 Å². The number of ether oxygens (including phenoxy) is 1. The largest absolute Gasteiger partial charge is 0.466 e. The molecule has 6 heteroatoms. The van der Waals surface area contributed by atoms with Crippen LogP contribution in [0.3, 0.4) is 0 Å². The van der Waals surface area contributed by atoms with Crippen molar-refractivity contribution in [1.29, 1.82) is 0 Å². The third-order valence-corrected chi connectivity index (χ3v) is 13.5. The number of hydrogen-bond donors (Lipinski definition) is 3. The number of nitrogens with one attached hydrogen (secondary N) is 1. The van der Waals surface area contributed by atoms with E-state index < -0.39 is 12.1 Å². The minimum Gasteiger partial charge on any atom is -0.466 e. The van der Waals surface area contributed by atoms with Gasteiger partial charge in [0.25, 0.3) is 0 Å².